The smallest absolute Gasteiger partial charge is 0.0477 e. The summed E-state index contributed by atoms with van der Waals surface area (Å²) in [6.45, 7) is 3.94. The van der Waals surface area contributed by atoms with Gasteiger partial charge in [-0.25, -0.2) is 0 Å². The summed E-state index contributed by atoms with van der Waals surface area (Å²) in [5.74, 6) is 0. The topological polar surface area (TPSA) is 65.1 Å². The van der Waals surface area contributed by atoms with Gasteiger partial charge in [0.25, 0.3) is 0 Å². The molecule has 1 aliphatic rings. The molecular weight excluding hydrogens is 188 g/mol. The van der Waals surface area contributed by atoms with Crippen LogP contribution in [0.25, 0.3) is 0 Å². The SMILES string of the molecule is N=Cc1c(N)cccc1N1CCNCC1. The van der Waals surface area contributed by atoms with Crippen molar-refractivity contribution in [2.24, 2.45) is 0 Å². The number of hydrogen-bond acceptors (Lipinski definition) is 4. The molecule has 0 bridgehead atoms. The van der Waals surface area contributed by atoms with Gasteiger partial charge in [-0.15, -0.1) is 0 Å². The number of nitrogen functional groups attached to an aromatic ring is 1. The van der Waals surface area contributed by atoms with E-state index in [2.05, 4.69) is 10.2 Å². The molecule has 80 valence electrons. The minimum absolute atomic E-state index is 0.682. The van der Waals surface area contributed by atoms with E-state index in [9.17, 15) is 0 Å². The third-order valence-electron chi connectivity index (χ3n) is 2.72. The van der Waals surface area contributed by atoms with E-state index >= 15 is 0 Å². The molecule has 1 heterocycles. The number of rotatable bonds is 2. The van der Waals surface area contributed by atoms with Crippen molar-refractivity contribution in [1.29, 1.82) is 5.41 Å². The average Bonchev–Trinajstić information content (AvgIpc) is 2.30. The van der Waals surface area contributed by atoms with Crippen molar-refractivity contribution < 1.29 is 0 Å². The molecule has 2 rings (SSSR count). The first kappa shape index (κ1) is 9.98. The first-order valence-corrected chi connectivity index (χ1v) is 5.17. The number of hydrogen-bond donors (Lipinski definition) is 3. The summed E-state index contributed by atoms with van der Waals surface area (Å²) in [7, 11) is 0. The van der Waals surface area contributed by atoms with Crippen LogP contribution in [0.1, 0.15) is 5.56 Å². The van der Waals surface area contributed by atoms with Crippen molar-refractivity contribution in [1.82, 2.24) is 5.32 Å². The maximum absolute atomic E-state index is 7.40. The van der Waals surface area contributed by atoms with Gasteiger partial charge in [0, 0.05) is 49.3 Å². The normalized spacial score (nSPS) is 16.4. The molecule has 0 radical (unpaired) electrons. The van der Waals surface area contributed by atoms with Gasteiger partial charge in [0.05, 0.1) is 0 Å². The van der Waals surface area contributed by atoms with E-state index in [4.69, 9.17) is 11.1 Å². The summed E-state index contributed by atoms with van der Waals surface area (Å²) < 4.78 is 0. The van der Waals surface area contributed by atoms with Gasteiger partial charge in [0.1, 0.15) is 0 Å². The molecule has 0 amide bonds. The van der Waals surface area contributed by atoms with E-state index in [-0.39, 0.29) is 0 Å². The minimum atomic E-state index is 0.682. The summed E-state index contributed by atoms with van der Waals surface area (Å²) in [4.78, 5) is 2.27. The number of benzene rings is 1. The van der Waals surface area contributed by atoms with Gasteiger partial charge in [-0.2, -0.15) is 0 Å². The largest absolute Gasteiger partial charge is 0.398 e. The van der Waals surface area contributed by atoms with Crippen LogP contribution in [-0.4, -0.2) is 32.4 Å². The Bertz CT molecular complexity index is 356. The molecule has 1 fully saturated rings. The molecule has 0 saturated carbocycles. The van der Waals surface area contributed by atoms with Gasteiger partial charge in [0.15, 0.2) is 0 Å². The van der Waals surface area contributed by atoms with Crippen LogP contribution in [0.4, 0.5) is 11.4 Å². The van der Waals surface area contributed by atoms with Crippen LogP contribution in [0.5, 0.6) is 0 Å². The Morgan fingerprint density at radius 2 is 2.07 bits per heavy atom. The van der Waals surface area contributed by atoms with E-state index in [1.54, 1.807) is 0 Å². The molecule has 4 heteroatoms. The highest BCUT2D eigenvalue weighted by molar-refractivity contribution is 5.93. The molecule has 1 aromatic carbocycles. The molecular formula is C11H16N4. The predicted octanol–water partition coefficient (Wildman–Crippen LogP) is 0.676. The van der Waals surface area contributed by atoms with Crippen molar-refractivity contribution in [2.45, 2.75) is 0 Å². The first-order chi connectivity index (χ1) is 7.33. The standard InChI is InChI=1S/C11H16N4/c12-8-9-10(13)2-1-3-11(9)15-6-4-14-5-7-15/h1-3,8,12,14H,4-7,13H2. The molecule has 0 spiro atoms. The highest BCUT2D eigenvalue weighted by Crippen LogP contribution is 2.24. The Kier molecular flexibility index (Phi) is 2.87. The second-order valence-electron chi connectivity index (χ2n) is 3.66. The average molecular weight is 204 g/mol. The lowest BCUT2D eigenvalue weighted by Crippen LogP contribution is -2.43. The monoisotopic (exact) mass is 204 g/mol. The third kappa shape index (κ3) is 1.94. The first-order valence-electron chi connectivity index (χ1n) is 5.17. The van der Waals surface area contributed by atoms with Crippen LogP contribution in [0.15, 0.2) is 18.2 Å². The highest BCUT2D eigenvalue weighted by atomic mass is 15.2. The lowest BCUT2D eigenvalue weighted by Gasteiger charge is -2.30. The second kappa shape index (κ2) is 4.31. The van der Waals surface area contributed by atoms with E-state index < -0.39 is 0 Å². The molecule has 4 nitrogen and oxygen atoms in total. The zero-order valence-electron chi connectivity index (χ0n) is 8.66. The molecule has 0 aromatic heterocycles. The van der Waals surface area contributed by atoms with Crippen LogP contribution in [0.3, 0.4) is 0 Å². The summed E-state index contributed by atoms with van der Waals surface area (Å²) in [6.07, 6.45) is 1.34. The quantitative estimate of drug-likeness (QED) is 0.490. The van der Waals surface area contributed by atoms with Crippen molar-refractivity contribution in [2.75, 3.05) is 36.8 Å². The van der Waals surface area contributed by atoms with Gasteiger partial charge in [-0.05, 0) is 12.1 Å². The molecule has 15 heavy (non-hydrogen) atoms. The van der Waals surface area contributed by atoms with Crippen molar-refractivity contribution in [3.63, 3.8) is 0 Å². The Morgan fingerprint density at radius 3 is 2.73 bits per heavy atom. The fraction of sp³-hybridized carbons (Fsp3) is 0.364. The number of piperazine rings is 1. The van der Waals surface area contributed by atoms with E-state index in [1.807, 2.05) is 18.2 Å². The molecule has 1 aromatic rings. The summed E-state index contributed by atoms with van der Waals surface area (Å²) in [6, 6.07) is 5.81. The predicted molar refractivity (Wildman–Crippen MR) is 63.8 cm³/mol. The van der Waals surface area contributed by atoms with Crippen LogP contribution in [0.2, 0.25) is 0 Å². The zero-order chi connectivity index (χ0) is 10.7. The number of anilines is 2. The number of nitrogens with two attached hydrogens (primary N) is 1. The number of nitrogens with zero attached hydrogens (tertiary/aromatic N) is 1. The Hall–Kier alpha value is -1.55. The van der Waals surface area contributed by atoms with E-state index in [0.717, 1.165) is 37.4 Å². The van der Waals surface area contributed by atoms with Crippen LogP contribution >= 0.6 is 0 Å². The van der Waals surface area contributed by atoms with Crippen molar-refractivity contribution in [3.8, 4) is 0 Å². The van der Waals surface area contributed by atoms with Crippen LogP contribution < -0.4 is 16.0 Å². The van der Waals surface area contributed by atoms with Crippen molar-refractivity contribution >= 4 is 17.6 Å². The molecule has 1 saturated heterocycles. The van der Waals surface area contributed by atoms with Gasteiger partial charge < -0.3 is 21.4 Å². The third-order valence-corrected chi connectivity index (χ3v) is 2.72. The fourth-order valence-electron chi connectivity index (χ4n) is 1.91. The molecule has 1 aliphatic heterocycles. The summed E-state index contributed by atoms with van der Waals surface area (Å²) in [5, 5.41) is 10.7. The zero-order valence-corrected chi connectivity index (χ0v) is 8.66. The maximum atomic E-state index is 7.40. The fourth-order valence-corrected chi connectivity index (χ4v) is 1.91. The molecule has 0 atom stereocenters. The minimum Gasteiger partial charge on any atom is -0.398 e. The Balaban J connectivity index is 2.33. The van der Waals surface area contributed by atoms with Crippen LogP contribution in [-0.2, 0) is 0 Å². The molecule has 0 aliphatic carbocycles. The van der Waals surface area contributed by atoms with Gasteiger partial charge >= 0.3 is 0 Å². The summed E-state index contributed by atoms with van der Waals surface area (Å²) >= 11 is 0. The number of nitrogens with one attached hydrogen (secondary N) is 2. The van der Waals surface area contributed by atoms with Gasteiger partial charge in [-0.3, -0.25) is 0 Å². The molecule has 4 N–H and O–H groups in total. The Morgan fingerprint density at radius 1 is 1.33 bits per heavy atom. The summed E-state index contributed by atoms with van der Waals surface area (Å²) in [5.41, 5.74) is 8.43. The molecule has 0 unspecified atom stereocenters. The van der Waals surface area contributed by atoms with Gasteiger partial charge in [-0.1, -0.05) is 6.07 Å². The van der Waals surface area contributed by atoms with E-state index in [0.29, 0.717) is 5.69 Å². The van der Waals surface area contributed by atoms with Crippen LogP contribution in [0, 0.1) is 5.41 Å². The highest BCUT2D eigenvalue weighted by Gasteiger charge is 2.14. The van der Waals surface area contributed by atoms with Crippen molar-refractivity contribution in [3.05, 3.63) is 23.8 Å². The lowest BCUT2D eigenvalue weighted by atomic mass is 10.1. The maximum Gasteiger partial charge on any atom is 0.0477 e. The van der Waals surface area contributed by atoms with Gasteiger partial charge in [0.2, 0.25) is 0 Å². The van der Waals surface area contributed by atoms with E-state index in [1.165, 1.54) is 6.21 Å². The second-order valence-corrected chi connectivity index (χ2v) is 3.66. The lowest BCUT2D eigenvalue weighted by molar-refractivity contribution is 0.589. The Labute approximate surface area is 89.6 Å².